The highest BCUT2D eigenvalue weighted by atomic mass is 19.1. The number of fused-ring (bicyclic) bond motifs is 1. The van der Waals surface area contributed by atoms with E-state index in [1.165, 1.54) is 17.0 Å². The molecule has 2 heterocycles. The predicted octanol–water partition coefficient (Wildman–Crippen LogP) is 4.46. The lowest BCUT2D eigenvalue weighted by Gasteiger charge is -2.54. The Labute approximate surface area is 179 Å². The second-order valence-electron chi connectivity index (χ2n) is 7.58. The van der Waals surface area contributed by atoms with Crippen molar-refractivity contribution in [1.29, 1.82) is 0 Å². The first kappa shape index (κ1) is 19.0. The quantitative estimate of drug-likeness (QED) is 0.471. The third kappa shape index (κ3) is 2.97. The first-order valence-electron chi connectivity index (χ1n) is 10.0. The fourth-order valence-corrected chi connectivity index (χ4v) is 4.23. The minimum absolute atomic E-state index is 0.239. The molecular weight excluding hydrogens is 391 g/mol. The maximum atomic E-state index is 13.9. The molecule has 31 heavy (non-hydrogen) atoms. The van der Waals surface area contributed by atoms with Gasteiger partial charge in [-0.1, -0.05) is 72.8 Å². The van der Waals surface area contributed by atoms with Crippen LogP contribution in [0.5, 0.6) is 0 Å². The number of hydrogen-bond donors (Lipinski definition) is 0. The average Bonchev–Trinajstić information content (AvgIpc) is 2.81. The lowest BCUT2D eigenvalue weighted by atomic mass is 9.70. The zero-order valence-corrected chi connectivity index (χ0v) is 16.6. The maximum absolute atomic E-state index is 13.9. The van der Waals surface area contributed by atoms with E-state index in [-0.39, 0.29) is 11.8 Å². The minimum Gasteiger partial charge on any atom is -0.311 e. The molecule has 1 atom stereocenters. The second kappa shape index (κ2) is 7.36. The molecule has 152 valence electrons. The van der Waals surface area contributed by atoms with Crippen LogP contribution in [0.4, 0.5) is 4.39 Å². The molecule has 0 bridgehead atoms. The summed E-state index contributed by atoms with van der Waals surface area (Å²) < 4.78 is 13.7. The largest absolute Gasteiger partial charge is 0.311 e. The van der Waals surface area contributed by atoms with Crippen molar-refractivity contribution >= 4 is 17.9 Å². The molecule has 0 N–H and O–H groups in total. The highest BCUT2D eigenvalue weighted by Crippen LogP contribution is 2.50. The number of amides is 2. The van der Waals surface area contributed by atoms with Gasteiger partial charge in [0.05, 0.1) is 12.1 Å². The molecule has 0 aliphatic carbocycles. The van der Waals surface area contributed by atoms with Gasteiger partial charge < -0.3 is 4.90 Å². The number of halogens is 1. The molecule has 2 amide bonds. The highest BCUT2D eigenvalue weighted by molar-refractivity contribution is 6.19. The smallest absolute Gasteiger partial charge is 0.262 e. The molecule has 0 aromatic heterocycles. The third-order valence-electron chi connectivity index (χ3n) is 5.73. The lowest BCUT2D eigenvalue weighted by Crippen LogP contribution is -2.69. The summed E-state index contributed by atoms with van der Waals surface area (Å²) in [5.74, 6) is -0.879. The monoisotopic (exact) mass is 410 g/mol. The van der Waals surface area contributed by atoms with Crippen molar-refractivity contribution in [3.63, 3.8) is 0 Å². The molecule has 1 fully saturated rings. The summed E-state index contributed by atoms with van der Waals surface area (Å²) in [5, 5.41) is 0. The van der Waals surface area contributed by atoms with Crippen LogP contribution in [0.3, 0.4) is 0 Å². The highest BCUT2D eigenvalue weighted by Gasteiger charge is 2.64. The molecule has 0 unspecified atom stereocenters. The number of carbonyl (C=O) groups excluding carboxylic acids is 2. The SMILES string of the molecule is O=C1/C(=C/c2ccccc2)[C@@]2(c3ccc(F)cc3)C(=O)N(Cc3ccccc3)C=CN12. The van der Waals surface area contributed by atoms with Gasteiger partial charge in [0, 0.05) is 12.4 Å². The summed E-state index contributed by atoms with van der Waals surface area (Å²) >= 11 is 0. The van der Waals surface area contributed by atoms with Gasteiger partial charge in [-0.2, -0.15) is 0 Å². The van der Waals surface area contributed by atoms with Gasteiger partial charge in [0.25, 0.3) is 11.8 Å². The molecule has 2 aliphatic heterocycles. The van der Waals surface area contributed by atoms with Gasteiger partial charge in [-0.3, -0.25) is 14.5 Å². The molecule has 4 nitrogen and oxygen atoms in total. The molecular formula is C26H19FN2O2. The Hall–Kier alpha value is -3.99. The molecule has 3 aromatic rings. The molecule has 2 aliphatic rings. The zero-order chi connectivity index (χ0) is 21.4. The summed E-state index contributed by atoms with van der Waals surface area (Å²) in [7, 11) is 0. The van der Waals surface area contributed by atoms with Gasteiger partial charge in [0.15, 0.2) is 5.54 Å². The summed E-state index contributed by atoms with van der Waals surface area (Å²) in [5.41, 5.74) is 1.41. The molecule has 5 heteroatoms. The molecule has 0 spiro atoms. The van der Waals surface area contributed by atoms with Crippen LogP contribution in [-0.4, -0.2) is 21.6 Å². The topological polar surface area (TPSA) is 40.6 Å². The van der Waals surface area contributed by atoms with Crippen molar-refractivity contribution in [3.05, 3.63) is 125 Å². The Balaban J connectivity index is 1.64. The van der Waals surface area contributed by atoms with Crippen LogP contribution in [0.25, 0.3) is 6.08 Å². The van der Waals surface area contributed by atoms with E-state index in [1.54, 1.807) is 35.5 Å². The van der Waals surface area contributed by atoms with E-state index in [0.29, 0.717) is 17.7 Å². The van der Waals surface area contributed by atoms with Crippen LogP contribution in [0.2, 0.25) is 0 Å². The van der Waals surface area contributed by atoms with E-state index in [9.17, 15) is 14.0 Å². The van der Waals surface area contributed by atoms with Crippen LogP contribution in [-0.2, 0) is 21.7 Å². The lowest BCUT2D eigenvalue weighted by molar-refractivity contribution is -0.158. The number of benzene rings is 3. The number of carbonyl (C=O) groups is 2. The number of nitrogens with zero attached hydrogens (tertiary/aromatic N) is 2. The Morgan fingerprint density at radius 2 is 1.45 bits per heavy atom. The number of rotatable bonds is 4. The number of β-lactam (4-membered cyclic amide) rings is 1. The Bertz CT molecular complexity index is 1200. The summed E-state index contributed by atoms with van der Waals surface area (Å²) in [6.45, 7) is 0.375. The third-order valence-corrected chi connectivity index (χ3v) is 5.73. The first-order chi connectivity index (χ1) is 15.1. The normalized spacial score (nSPS) is 21.3. The fourth-order valence-electron chi connectivity index (χ4n) is 4.23. The van der Waals surface area contributed by atoms with Gasteiger partial charge in [-0.25, -0.2) is 4.39 Å². The standard InChI is InChI=1S/C26H19FN2O2/c27-22-13-11-21(12-14-22)26-23(17-19-7-3-1-4-8-19)24(30)29(26)16-15-28(25(26)31)18-20-9-5-2-6-10-20/h1-17H,18H2/b23-17-/t26-/m0/s1. The first-order valence-corrected chi connectivity index (χ1v) is 10.0. The predicted molar refractivity (Wildman–Crippen MR) is 115 cm³/mol. The van der Waals surface area contributed by atoms with Crippen molar-refractivity contribution in [3.8, 4) is 0 Å². The fraction of sp³-hybridized carbons (Fsp3) is 0.0769. The molecule has 0 radical (unpaired) electrons. The number of hydrogen-bond acceptors (Lipinski definition) is 2. The van der Waals surface area contributed by atoms with Gasteiger partial charge in [0.1, 0.15) is 5.82 Å². The summed E-state index contributed by atoms with van der Waals surface area (Å²) in [4.78, 5) is 30.0. The molecule has 0 saturated carbocycles. The summed E-state index contributed by atoms with van der Waals surface area (Å²) in [6, 6.07) is 24.9. The van der Waals surface area contributed by atoms with E-state index in [0.717, 1.165) is 11.1 Å². The van der Waals surface area contributed by atoms with Crippen molar-refractivity contribution < 1.29 is 14.0 Å². The second-order valence-corrected chi connectivity index (χ2v) is 7.58. The van der Waals surface area contributed by atoms with E-state index >= 15 is 0 Å². The van der Waals surface area contributed by atoms with Crippen molar-refractivity contribution in [2.75, 3.05) is 0 Å². The Kier molecular flexibility index (Phi) is 4.51. The van der Waals surface area contributed by atoms with Gasteiger partial charge in [0.2, 0.25) is 0 Å². The van der Waals surface area contributed by atoms with Crippen LogP contribution in [0, 0.1) is 5.82 Å². The van der Waals surface area contributed by atoms with Crippen LogP contribution in [0.1, 0.15) is 16.7 Å². The zero-order valence-electron chi connectivity index (χ0n) is 16.6. The van der Waals surface area contributed by atoms with E-state index in [2.05, 4.69) is 0 Å². The molecule has 3 aromatic carbocycles. The summed E-state index contributed by atoms with van der Waals surface area (Å²) in [6.07, 6.45) is 5.02. The Morgan fingerprint density at radius 1 is 0.806 bits per heavy atom. The van der Waals surface area contributed by atoms with Crippen LogP contribution in [0.15, 0.2) is 103 Å². The van der Waals surface area contributed by atoms with Crippen molar-refractivity contribution in [1.82, 2.24) is 9.80 Å². The van der Waals surface area contributed by atoms with Gasteiger partial charge >= 0.3 is 0 Å². The van der Waals surface area contributed by atoms with Gasteiger partial charge in [-0.15, -0.1) is 0 Å². The molecule has 5 rings (SSSR count). The maximum Gasteiger partial charge on any atom is 0.262 e. The van der Waals surface area contributed by atoms with E-state index in [4.69, 9.17) is 0 Å². The van der Waals surface area contributed by atoms with Crippen molar-refractivity contribution in [2.45, 2.75) is 12.1 Å². The van der Waals surface area contributed by atoms with Crippen LogP contribution >= 0.6 is 0 Å². The van der Waals surface area contributed by atoms with E-state index < -0.39 is 11.4 Å². The van der Waals surface area contributed by atoms with Gasteiger partial charge in [-0.05, 0) is 34.9 Å². The van der Waals surface area contributed by atoms with Crippen LogP contribution < -0.4 is 0 Å². The van der Waals surface area contributed by atoms with Crippen molar-refractivity contribution in [2.24, 2.45) is 0 Å². The average molecular weight is 410 g/mol. The Morgan fingerprint density at radius 3 is 2.13 bits per heavy atom. The molecule has 1 saturated heterocycles. The van der Waals surface area contributed by atoms with E-state index in [1.807, 2.05) is 60.7 Å². The minimum atomic E-state index is -1.32.